The SMILES string of the molecule is CCN(C(=O)C1CC12CCNCC2)c1ccc(OC)cc1. The molecule has 1 N–H and O–H groups in total. The van der Waals surface area contributed by atoms with Crippen LogP contribution < -0.4 is 15.0 Å². The van der Waals surface area contributed by atoms with Crippen molar-refractivity contribution in [2.45, 2.75) is 26.2 Å². The number of hydrogen-bond acceptors (Lipinski definition) is 3. The summed E-state index contributed by atoms with van der Waals surface area (Å²) in [5.74, 6) is 1.34. The lowest BCUT2D eigenvalue weighted by atomic mass is 9.91. The van der Waals surface area contributed by atoms with Gasteiger partial charge in [0.1, 0.15) is 5.75 Å². The summed E-state index contributed by atoms with van der Waals surface area (Å²) in [6.07, 6.45) is 3.35. The van der Waals surface area contributed by atoms with Crippen molar-refractivity contribution in [3.63, 3.8) is 0 Å². The van der Waals surface area contributed by atoms with E-state index in [0.717, 1.165) is 50.3 Å². The zero-order chi connectivity index (χ0) is 14.9. The van der Waals surface area contributed by atoms with Crippen LogP contribution in [0.3, 0.4) is 0 Å². The van der Waals surface area contributed by atoms with E-state index >= 15 is 0 Å². The molecule has 114 valence electrons. The lowest BCUT2D eigenvalue weighted by molar-refractivity contribution is -0.120. The fraction of sp³-hybridized carbons (Fsp3) is 0.588. The minimum Gasteiger partial charge on any atom is -0.497 e. The first-order valence-electron chi connectivity index (χ1n) is 7.86. The molecule has 21 heavy (non-hydrogen) atoms. The predicted octanol–water partition coefficient (Wildman–Crippen LogP) is 2.44. The van der Waals surface area contributed by atoms with Crippen LogP contribution in [0, 0.1) is 11.3 Å². The van der Waals surface area contributed by atoms with Crippen molar-refractivity contribution in [3.8, 4) is 5.75 Å². The van der Waals surface area contributed by atoms with Crippen LogP contribution in [0.1, 0.15) is 26.2 Å². The van der Waals surface area contributed by atoms with E-state index in [4.69, 9.17) is 4.74 Å². The van der Waals surface area contributed by atoms with Crippen LogP contribution in [-0.4, -0.2) is 32.7 Å². The van der Waals surface area contributed by atoms with E-state index in [1.807, 2.05) is 36.1 Å². The van der Waals surface area contributed by atoms with Gasteiger partial charge in [-0.2, -0.15) is 0 Å². The Bertz CT molecular complexity index is 506. The van der Waals surface area contributed by atoms with Gasteiger partial charge >= 0.3 is 0 Å². The molecule has 1 aliphatic carbocycles. The van der Waals surface area contributed by atoms with E-state index in [-0.39, 0.29) is 5.92 Å². The van der Waals surface area contributed by atoms with Gasteiger partial charge in [0, 0.05) is 18.2 Å². The second-order valence-corrected chi connectivity index (χ2v) is 6.15. The average molecular weight is 288 g/mol. The second-order valence-electron chi connectivity index (χ2n) is 6.15. The molecular formula is C17H24N2O2. The standard InChI is InChI=1S/C17H24N2O2/c1-3-19(13-4-6-14(21-2)7-5-13)16(20)15-12-17(15)8-10-18-11-9-17/h4-7,15,18H,3,8-12H2,1-2H3. The fourth-order valence-corrected chi connectivity index (χ4v) is 3.59. The molecule has 1 aromatic rings. The van der Waals surface area contributed by atoms with Crippen molar-refractivity contribution < 1.29 is 9.53 Å². The third kappa shape index (κ3) is 2.64. The maximum absolute atomic E-state index is 12.8. The number of anilines is 1. The first-order valence-corrected chi connectivity index (χ1v) is 7.86. The third-order valence-electron chi connectivity index (χ3n) is 5.05. The molecule has 1 atom stereocenters. The van der Waals surface area contributed by atoms with Crippen LogP contribution in [0.2, 0.25) is 0 Å². The number of nitrogens with one attached hydrogen (secondary N) is 1. The normalized spacial score (nSPS) is 22.9. The molecule has 1 saturated carbocycles. The van der Waals surface area contributed by atoms with Crippen LogP contribution in [0.4, 0.5) is 5.69 Å². The highest BCUT2D eigenvalue weighted by atomic mass is 16.5. The second kappa shape index (κ2) is 5.68. The number of methoxy groups -OCH3 is 1. The molecule has 2 aliphatic rings. The van der Waals surface area contributed by atoms with Gasteiger partial charge in [-0.15, -0.1) is 0 Å². The number of ether oxygens (including phenoxy) is 1. The summed E-state index contributed by atoms with van der Waals surface area (Å²) >= 11 is 0. The molecule has 0 aromatic heterocycles. The number of nitrogens with zero attached hydrogens (tertiary/aromatic N) is 1. The van der Waals surface area contributed by atoms with Crippen molar-refractivity contribution in [1.29, 1.82) is 0 Å². The van der Waals surface area contributed by atoms with Gasteiger partial charge in [-0.05, 0) is 69.0 Å². The predicted molar refractivity (Wildman–Crippen MR) is 83.7 cm³/mol. The van der Waals surface area contributed by atoms with Gasteiger partial charge in [-0.3, -0.25) is 4.79 Å². The van der Waals surface area contributed by atoms with Crippen molar-refractivity contribution in [3.05, 3.63) is 24.3 Å². The Balaban J connectivity index is 1.72. The monoisotopic (exact) mass is 288 g/mol. The lowest BCUT2D eigenvalue weighted by Crippen LogP contribution is -2.36. The van der Waals surface area contributed by atoms with E-state index in [1.165, 1.54) is 0 Å². The van der Waals surface area contributed by atoms with Crippen molar-refractivity contribution in [2.75, 3.05) is 31.6 Å². The molecule has 2 fully saturated rings. The number of benzene rings is 1. The Morgan fingerprint density at radius 1 is 1.33 bits per heavy atom. The van der Waals surface area contributed by atoms with E-state index in [2.05, 4.69) is 5.32 Å². The van der Waals surface area contributed by atoms with Gasteiger partial charge in [0.05, 0.1) is 7.11 Å². The number of piperidine rings is 1. The first kappa shape index (κ1) is 14.4. The molecule has 1 unspecified atom stereocenters. The van der Waals surface area contributed by atoms with Crippen molar-refractivity contribution >= 4 is 11.6 Å². The highest BCUT2D eigenvalue weighted by Crippen LogP contribution is 2.59. The summed E-state index contributed by atoms with van der Waals surface area (Å²) in [6, 6.07) is 7.77. The van der Waals surface area contributed by atoms with E-state index < -0.39 is 0 Å². The highest BCUT2D eigenvalue weighted by Gasteiger charge is 2.58. The van der Waals surface area contributed by atoms with Crippen LogP contribution in [0.25, 0.3) is 0 Å². The summed E-state index contributed by atoms with van der Waals surface area (Å²) in [7, 11) is 1.66. The zero-order valence-corrected chi connectivity index (χ0v) is 12.9. The number of carbonyl (C=O) groups excluding carboxylic acids is 1. The molecule has 4 nitrogen and oxygen atoms in total. The Morgan fingerprint density at radius 2 is 2.00 bits per heavy atom. The number of amides is 1. The Morgan fingerprint density at radius 3 is 2.57 bits per heavy atom. The summed E-state index contributed by atoms with van der Waals surface area (Å²) in [5.41, 5.74) is 1.27. The fourth-order valence-electron chi connectivity index (χ4n) is 3.59. The van der Waals surface area contributed by atoms with Gasteiger partial charge in [0.2, 0.25) is 5.91 Å². The summed E-state index contributed by atoms with van der Waals surface area (Å²) in [5, 5.41) is 3.39. The summed E-state index contributed by atoms with van der Waals surface area (Å²) in [4.78, 5) is 14.8. The van der Waals surface area contributed by atoms with Crippen LogP contribution >= 0.6 is 0 Å². The number of rotatable bonds is 4. The smallest absolute Gasteiger partial charge is 0.230 e. The third-order valence-corrected chi connectivity index (χ3v) is 5.05. The van der Waals surface area contributed by atoms with E-state index in [1.54, 1.807) is 7.11 Å². The molecule has 1 amide bonds. The van der Waals surface area contributed by atoms with Crippen LogP contribution in [-0.2, 0) is 4.79 Å². The first-order chi connectivity index (χ1) is 10.2. The number of carbonyl (C=O) groups is 1. The van der Waals surface area contributed by atoms with E-state index in [0.29, 0.717) is 11.3 Å². The molecule has 4 heteroatoms. The maximum atomic E-state index is 12.8. The quantitative estimate of drug-likeness (QED) is 0.925. The highest BCUT2D eigenvalue weighted by molar-refractivity contribution is 5.97. The van der Waals surface area contributed by atoms with Gasteiger partial charge in [0.15, 0.2) is 0 Å². The molecule has 0 radical (unpaired) electrons. The molecule has 0 bridgehead atoms. The van der Waals surface area contributed by atoms with E-state index in [9.17, 15) is 4.79 Å². The van der Waals surface area contributed by atoms with Crippen molar-refractivity contribution in [1.82, 2.24) is 5.32 Å². The van der Waals surface area contributed by atoms with Gasteiger partial charge in [-0.25, -0.2) is 0 Å². The Hall–Kier alpha value is -1.55. The molecule has 1 aliphatic heterocycles. The largest absolute Gasteiger partial charge is 0.497 e. The van der Waals surface area contributed by atoms with Crippen LogP contribution in [0.15, 0.2) is 24.3 Å². The minimum atomic E-state index is 0.224. The maximum Gasteiger partial charge on any atom is 0.230 e. The van der Waals surface area contributed by atoms with Gasteiger partial charge < -0.3 is 15.0 Å². The zero-order valence-electron chi connectivity index (χ0n) is 12.9. The molecule has 1 heterocycles. The lowest BCUT2D eigenvalue weighted by Gasteiger charge is -2.26. The topological polar surface area (TPSA) is 41.6 Å². The molecule has 1 saturated heterocycles. The number of hydrogen-bond donors (Lipinski definition) is 1. The average Bonchev–Trinajstić information content (AvgIpc) is 3.22. The van der Waals surface area contributed by atoms with Gasteiger partial charge in [-0.1, -0.05) is 0 Å². The summed E-state index contributed by atoms with van der Waals surface area (Å²) in [6.45, 7) is 4.87. The van der Waals surface area contributed by atoms with Crippen molar-refractivity contribution in [2.24, 2.45) is 11.3 Å². The molecule has 1 spiro atoms. The molecule has 1 aromatic carbocycles. The summed E-state index contributed by atoms with van der Waals surface area (Å²) < 4.78 is 5.18. The Labute approximate surface area is 126 Å². The molecular weight excluding hydrogens is 264 g/mol. The minimum absolute atomic E-state index is 0.224. The van der Waals surface area contributed by atoms with Crippen LogP contribution in [0.5, 0.6) is 5.75 Å². The van der Waals surface area contributed by atoms with Gasteiger partial charge in [0.25, 0.3) is 0 Å². The Kier molecular flexibility index (Phi) is 3.89. The molecule has 3 rings (SSSR count).